The fraction of sp³-hybridized carbons (Fsp3) is 0.429. The standard InChI is InChI=1S/C14H17NOS/c1-9(16)7-10-5-6-12-11(8-10)15-13(17-12)14(2,3)4/h5-6,8H,7H2,1-4H3. The number of fused-ring (bicyclic) bond motifs is 1. The van der Waals surface area contributed by atoms with Crippen molar-refractivity contribution in [2.75, 3.05) is 0 Å². The first-order chi connectivity index (χ1) is 7.86. The zero-order valence-corrected chi connectivity index (χ0v) is 11.5. The van der Waals surface area contributed by atoms with Crippen LogP contribution in [0.5, 0.6) is 0 Å². The molecule has 0 aliphatic carbocycles. The maximum absolute atomic E-state index is 11.1. The molecule has 0 saturated carbocycles. The Kier molecular flexibility index (Phi) is 3.04. The Balaban J connectivity index is 2.44. The minimum Gasteiger partial charge on any atom is -0.300 e. The van der Waals surface area contributed by atoms with E-state index in [2.05, 4.69) is 31.8 Å². The summed E-state index contributed by atoms with van der Waals surface area (Å²) >= 11 is 1.74. The fourth-order valence-corrected chi connectivity index (χ4v) is 2.69. The summed E-state index contributed by atoms with van der Waals surface area (Å²) in [6.45, 7) is 8.12. The molecule has 0 atom stereocenters. The molecular weight excluding hydrogens is 230 g/mol. The van der Waals surface area contributed by atoms with Gasteiger partial charge in [0.25, 0.3) is 0 Å². The van der Waals surface area contributed by atoms with E-state index in [-0.39, 0.29) is 11.2 Å². The summed E-state index contributed by atoms with van der Waals surface area (Å²) in [5.74, 6) is 0.190. The van der Waals surface area contributed by atoms with Crippen LogP contribution in [0.1, 0.15) is 38.3 Å². The first kappa shape index (κ1) is 12.2. The van der Waals surface area contributed by atoms with E-state index in [4.69, 9.17) is 0 Å². The fourth-order valence-electron chi connectivity index (χ4n) is 1.69. The number of carbonyl (C=O) groups excluding carboxylic acids is 1. The van der Waals surface area contributed by atoms with Crippen molar-refractivity contribution in [3.05, 3.63) is 28.8 Å². The molecule has 0 radical (unpaired) electrons. The molecule has 2 aromatic rings. The summed E-state index contributed by atoms with van der Waals surface area (Å²) in [6, 6.07) is 6.12. The first-order valence-electron chi connectivity index (χ1n) is 5.75. The molecule has 1 aromatic heterocycles. The van der Waals surface area contributed by atoms with Gasteiger partial charge in [-0.1, -0.05) is 26.8 Å². The van der Waals surface area contributed by atoms with Gasteiger partial charge in [-0.15, -0.1) is 11.3 Å². The minimum atomic E-state index is 0.0877. The maximum Gasteiger partial charge on any atom is 0.134 e. The molecule has 3 heteroatoms. The van der Waals surface area contributed by atoms with Gasteiger partial charge >= 0.3 is 0 Å². The molecule has 0 unspecified atom stereocenters. The van der Waals surface area contributed by atoms with E-state index in [1.165, 1.54) is 4.70 Å². The summed E-state index contributed by atoms with van der Waals surface area (Å²) in [5, 5.41) is 1.15. The summed E-state index contributed by atoms with van der Waals surface area (Å²) in [7, 11) is 0. The highest BCUT2D eigenvalue weighted by atomic mass is 32.1. The number of ketones is 1. The van der Waals surface area contributed by atoms with Crippen molar-refractivity contribution in [3.63, 3.8) is 0 Å². The lowest BCUT2D eigenvalue weighted by Gasteiger charge is -2.13. The van der Waals surface area contributed by atoms with Crippen LogP contribution < -0.4 is 0 Å². The van der Waals surface area contributed by atoms with Gasteiger partial charge in [0.15, 0.2) is 0 Å². The van der Waals surface area contributed by atoms with Crippen LogP contribution in [-0.2, 0) is 16.6 Å². The third-order valence-corrected chi connectivity index (χ3v) is 4.01. The Morgan fingerprint density at radius 3 is 2.65 bits per heavy atom. The number of thiazole rings is 1. The normalized spacial score (nSPS) is 12.0. The zero-order valence-electron chi connectivity index (χ0n) is 10.7. The van der Waals surface area contributed by atoms with Crippen LogP contribution in [0.3, 0.4) is 0 Å². The van der Waals surface area contributed by atoms with Gasteiger partial charge in [-0.25, -0.2) is 4.98 Å². The molecule has 1 heterocycles. The molecule has 0 saturated heterocycles. The summed E-state index contributed by atoms with van der Waals surface area (Å²) < 4.78 is 1.20. The van der Waals surface area contributed by atoms with E-state index in [0.29, 0.717) is 6.42 Å². The minimum absolute atomic E-state index is 0.0877. The van der Waals surface area contributed by atoms with Crippen LogP contribution in [0.15, 0.2) is 18.2 Å². The molecule has 0 aliphatic rings. The van der Waals surface area contributed by atoms with Gasteiger partial charge < -0.3 is 0 Å². The van der Waals surface area contributed by atoms with Crippen molar-refractivity contribution in [2.24, 2.45) is 0 Å². The van der Waals surface area contributed by atoms with Gasteiger partial charge in [0.2, 0.25) is 0 Å². The Bertz CT molecular complexity index is 563. The molecular formula is C14H17NOS. The van der Waals surface area contributed by atoms with Crippen LogP contribution in [0.2, 0.25) is 0 Å². The van der Waals surface area contributed by atoms with Crippen LogP contribution in [0, 0.1) is 0 Å². The predicted octanol–water partition coefficient (Wildman–Crippen LogP) is 3.73. The number of carbonyl (C=O) groups is 1. The average molecular weight is 247 g/mol. The number of hydrogen-bond donors (Lipinski definition) is 0. The summed E-state index contributed by atoms with van der Waals surface area (Å²) in [5.41, 5.74) is 2.15. The number of hydrogen-bond acceptors (Lipinski definition) is 3. The topological polar surface area (TPSA) is 30.0 Å². The molecule has 0 spiro atoms. The number of benzene rings is 1. The van der Waals surface area contributed by atoms with Crippen LogP contribution >= 0.6 is 11.3 Å². The monoisotopic (exact) mass is 247 g/mol. The lowest BCUT2D eigenvalue weighted by atomic mass is 9.98. The molecule has 0 amide bonds. The van der Waals surface area contributed by atoms with Gasteiger partial charge in [0, 0.05) is 11.8 Å². The molecule has 0 bridgehead atoms. The Hall–Kier alpha value is -1.22. The highest BCUT2D eigenvalue weighted by Gasteiger charge is 2.18. The van der Waals surface area contributed by atoms with Gasteiger partial charge in [-0.3, -0.25) is 4.79 Å². The molecule has 90 valence electrons. The van der Waals surface area contributed by atoms with Crippen molar-refractivity contribution in [1.29, 1.82) is 0 Å². The lowest BCUT2D eigenvalue weighted by Crippen LogP contribution is -2.09. The van der Waals surface area contributed by atoms with Gasteiger partial charge in [-0.05, 0) is 24.6 Å². The quantitative estimate of drug-likeness (QED) is 0.809. The number of rotatable bonds is 2. The zero-order chi connectivity index (χ0) is 12.6. The number of Topliss-reactive ketones (excluding diaryl/α,β-unsaturated/α-hetero) is 1. The van der Waals surface area contributed by atoms with E-state index in [9.17, 15) is 4.79 Å². The second-order valence-electron chi connectivity index (χ2n) is 5.45. The molecule has 1 aromatic carbocycles. The van der Waals surface area contributed by atoms with E-state index in [1.54, 1.807) is 18.3 Å². The van der Waals surface area contributed by atoms with E-state index < -0.39 is 0 Å². The largest absolute Gasteiger partial charge is 0.300 e. The second kappa shape index (κ2) is 4.22. The predicted molar refractivity (Wildman–Crippen MR) is 72.7 cm³/mol. The third-order valence-electron chi connectivity index (χ3n) is 2.55. The van der Waals surface area contributed by atoms with Crippen molar-refractivity contribution < 1.29 is 4.79 Å². The van der Waals surface area contributed by atoms with Crippen molar-refractivity contribution in [3.8, 4) is 0 Å². The summed E-state index contributed by atoms with van der Waals surface area (Å²) in [4.78, 5) is 15.8. The molecule has 17 heavy (non-hydrogen) atoms. The average Bonchev–Trinajstić information content (AvgIpc) is 2.58. The van der Waals surface area contributed by atoms with Crippen LogP contribution in [0.25, 0.3) is 10.2 Å². The smallest absolute Gasteiger partial charge is 0.134 e. The molecule has 0 N–H and O–H groups in total. The van der Waals surface area contributed by atoms with E-state index in [0.717, 1.165) is 16.1 Å². The highest BCUT2D eigenvalue weighted by Crippen LogP contribution is 2.31. The van der Waals surface area contributed by atoms with E-state index in [1.807, 2.05) is 12.1 Å². The van der Waals surface area contributed by atoms with Crippen molar-refractivity contribution >= 4 is 27.3 Å². The van der Waals surface area contributed by atoms with Crippen LogP contribution in [-0.4, -0.2) is 10.8 Å². The number of nitrogens with zero attached hydrogens (tertiary/aromatic N) is 1. The van der Waals surface area contributed by atoms with Crippen molar-refractivity contribution in [1.82, 2.24) is 4.98 Å². The highest BCUT2D eigenvalue weighted by molar-refractivity contribution is 7.18. The van der Waals surface area contributed by atoms with Gasteiger partial charge in [-0.2, -0.15) is 0 Å². The molecule has 2 rings (SSSR count). The molecule has 0 fully saturated rings. The molecule has 2 nitrogen and oxygen atoms in total. The Morgan fingerprint density at radius 2 is 2.06 bits per heavy atom. The molecule has 0 aliphatic heterocycles. The lowest BCUT2D eigenvalue weighted by molar-refractivity contribution is -0.116. The third kappa shape index (κ3) is 2.72. The Labute approximate surface area is 106 Å². The SMILES string of the molecule is CC(=O)Cc1ccc2sc(C(C)(C)C)nc2c1. The second-order valence-corrected chi connectivity index (χ2v) is 6.48. The number of aromatic nitrogens is 1. The summed E-state index contributed by atoms with van der Waals surface area (Å²) in [6.07, 6.45) is 0.498. The van der Waals surface area contributed by atoms with Gasteiger partial charge in [0.1, 0.15) is 5.78 Å². The first-order valence-corrected chi connectivity index (χ1v) is 6.57. The van der Waals surface area contributed by atoms with Gasteiger partial charge in [0.05, 0.1) is 15.2 Å². The Morgan fingerprint density at radius 1 is 1.35 bits per heavy atom. The van der Waals surface area contributed by atoms with Crippen molar-refractivity contribution in [2.45, 2.75) is 39.5 Å². The van der Waals surface area contributed by atoms with E-state index >= 15 is 0 Å². The maximum atomic E-state index is 11.1. The van der Waals surface area contributed by atoms with Crippen LogP contribution in [0.4, 0.5) is 0 Å².